The highest BCUT2D eigenvalue weighted by molar-refractivity contribution is 7.47. The van der Waals surface area contributed by atoms with Crippen LogP contribution in [0.2, 0.25) is 0 Å². The number of aliphatic hydroxyl groups excluding tert-OH is 1. The van der Waals surface area contributed by atoms with Crippen LogP contribution in [0.15, 0.2) is 0 Å². The van der Waals surface area contributed by atoms with Crippen molar-refractivity contribution in [3.8, 4) is 0 Å². The molecule has 0 aromatic heterocycles. The topological polar surface area (TPSA) is 237 Å². The molecular weight excluding hydrogens is 1220 g/mol. The third-order valence-electron chi connectivity index (χ3n) is 17.4. The average molecular weight is 1370 g/mol. The minimum atomic E-state index is -4.96. The van der Waals surface area contributed by atoms with Gasteiger partial charge in [-0.15, -0.1) is 0 Å². The number of aliphatic hydroxyl groups is 1. The van der Waals surface area contributed by atoms with Gasteiger partial charge in [-0.25, -0.2) is 9.13 Å². The van der Waals surface area contributed by atoms with E-state index >= 15 is 0 Å². The van der Waals surface area contributed by atoms with Gasteiger partial charge in [0.25, 0.3) is 0 Å². The zero-order chi connectivity index (χ0) is 68.9. The summed E-state index contributed by atoms with van der Waals surface area (Å²) in [4.78, 5) is 72.7. The summed E-state index contributed by atoms with van der Waals surface area (Å²) in [6.07, 6.45) is 47.2. The van der Waals surface area contributed by atoms with E-state index in [9.17, 15) is 43.2 Å². The van der Waals surface area contributed by atoms with Gasteiger partial charge in [0, 0.05) is 25.7 Å². The van der Waals surface area contributed by atoms with Gasteiger partial charge < -0.3 is 33.8 Å². The molecule has 0 aliphatic heterocycles. The largest absolute Gasteiger partial charge is 0.472 e. The molecule has 0 aliphatic rings. The maximum atomic E-state index is 13.1. The van der Waals surface area contributed by atoms with Crippen LogP contribution in [-0.4, -0.2) is 96.7 Å². The molecule has 19 heteroatoms. The zero-order valence-electron chi connectivity index (χ0n) is 60.9. The summed E-state index contributed by atoms with van der Waals surface area (Å²) in [5.74, 6) is 0.915. The van der Waals surface area contributed by atoms with Crippen molar-refractivity contribution in [1.82, 2.24) is 0 Å². The smallest absolute Gasteiger partial charge is 0.462 e. The van der Waals surface area contributed by atoms with Gasteiger partial charge in [0.1, 0.15) is 19.3 Å². The maximum Gasteiger partial charge on any atom is 0.472 e. The molecule has 0 heterocycles. The van der Waals surface area contributed by atoms with Crippen LogP contribution in [0.1, 0.15) is 370 Å². The first-order chi connectivity index (χ1) is 44.6. The minimum Gasteiger partial charge on any atom is -0.462 e. The third-order valence-corrected chi connectivity index (χ3v) is 19.3. The summed E-state index contributed by atoms with van der Waals surface area (Å²) in [5.41, 5.74) is 0. The number of carbonyl (C=O) groups excluding carboxylic acids is 4. The molecule has 0 saturated heterocycles. The summed E-state index contributed by atoms with van der Waals surface area (Å²) in [7, 11) is -9.91. The highest BCUT2D eigenvalue weighted by Crippen LogP contribution is 2.45. The van der Waals surface area contributed by atoms with Gasteiger partial charge in [-0.2, -0.15) is 0 Å². The molecule has 0 aromatic rings. The van der Waals surface area contributed by atoms with Crippen LogP contribution in [-0.2, 0) is 65.4 Å². The molecule has 0 aromatic carbocycles. The van der Waals surface area contributed by atoms with Gasteiger partial charge >= 0.3 is 39.5 Å². The number of esters is 4. The average Bonchev–Trinajstić information content (AvgIpc) is 1.66. The van der Waals surface area contributed by atoms with Gasteiger partial charge in [-0.3, -0.25) is 37.3 Å². The Hall–Kier alpha value is -1.94. The molecule has 0 bridgehead atoms. The molecule has 0 saturated carbocycles. The summed E-state index contributed by atoms with van der Waals surface area (Å²) in [6.45, 7) is 14.2. The van der Waals surface area contributed by atoms with Crippen molar-refractivity contribution in [2.24, 2.45) is 23.7 Å². The van der Waals surface area contributed by atoms with Crippen molar-refractivity contribution < 1.29 is 80.2 Å². The lowest BCUT2D eigenvalue weighted by atomic mass is 10.00. The van der Waals surface area contributed by atoms with E-state index in [0.29, 0.717) is 25.7 Å². The molecular formula is C74H144O17P2. The Labute approximate surface area is 568 Å². The third kappa shape index (κ3) is 67.0. The van der Waals surface area contributed by atoms with Crippen LogP contribution in [0, 0.1) is 23.7 Å². The van der Waals surface area contributed by atoms with E-state index in [1.165, 1.54) is 167 Å². The van der Waals surface area contributed by atoms with Crippen LogP contribution in [0.5, 0.6) is 0 Å². The Morgan fingerprint density at radius 1 is 0.301 bits per heavy atom. The van der Waals surface area contributed by atoms with Crippen molar-refractivity contribution in [2.75, 3.05) is 39.6 Å². The SMILES string of the molecule is CCC(C)CCCCCCCCC(=O)OC[C@H](COP(=O)(O)OC[C@H](O)COP(=O)(O)OC[C@@H](COC(=O)CCCCCCCCCCCCCCCC(C)C)OC(=O)CCCCCCCCCCCCC(C)C)OC(=O)CCCCCCCCCCCCCC(C)C. The Kier molecular flexibility index (Phi) is 62.2. The lowest BCUT2D eigenvalue weighted by Gasteiger charge is -2.21. The normalized spacial score (nSPS) is 14.5. The Morgan fingerprint density at radius 2 is 0.516 bits per heavy atom. The van der Waals surface area contributed by atoms with Crippen molar-refractivity contribution in [3.63, 3.8) is 0 Å². The number of unbranched alkanes of at least 4 members (excludes halogenated alkanes) is 36. The van der Waals surface area contributed by atoms with E-state index in [4.69, 9.17) is 37.0 Å². The first-order valence-corrected chi connectivity index (χ1v) is 41.2. The van der Waals surface area contributed by atoms with E-state index in [2.05, 4.69) is 55.4 Å². The van der Waals surface area contributed by atoms with Gasteiger partial charge in [-0.1, -0.05) is 319 Å². The van der Waals surface area contributed by atoms with Gasteiger partial charge in [0.15, 0.2) is 12.2 Å². The fourth-order valence-corrected chi connectivity index (χ4v) is 12.7. The summed E-state index contributed by atoms with van der Waals surface area (Å²) in [6, 6.07) is 0. The number of carbonyl (C=O) groups is 4. The van der Waals surface area contributed by atoms with Crippen LogP contribution in [0.3, 0.4) is 0 Å². The minimum absolute atomic E-state index is 0.105. The molecule has 0 amide bonds. The molecule has 0 radical (unpaired) electrons. The quantitative estimate of drug-likeness (QED) is 0.0222. The van der Waals surface area contributed by atoms with Crippen LogP contribution >= 0.6 is 15.6 Å². The van der Waals surface area contributed by atoms with Crippen molar-refractivity contribution >= 4 is 39.5 Å². The van der Waals surface area contributed by atoms with Gasteiger partial charge in [0.2, 0.25) is 0 Å². The molecule has 0 fully saturated rings. The second-order valence-corrected chi connectivity index (χ2v) is 31.3. The lowest BCUT2D eigenvalue weighted by Crippen LogP contribution is -2.30. The van der Waals surface area contributed by atoms with E-state index in [1.54, 1.807) is 0 Å². The van der Waals surface area contributed by atoms with Crippen molar-refractivity contribution in [2.45, 2.75) is 388 Å². The lowest BCUT2D eigenvalue weighted by molar-refractivity contribution is -0.161. The summed E-state index contributed by atoms with van der Waals surface area (Å²) in [5, 5.41) is 10.6. The molecule has 0 spiro atoms. The molecule has 3 N–H and O–H groups in total. The molecule has 0 rings (SSSR count). The first-order valence-electron chi connectivity index (χ1n) is 38.2. The highest BCUT2D eigenvalue weighted by Gasteiger charge is 2.30. The van der Waals surface area contributed by atoms with E-state index < -0.39 is 97.5 Å². The Morgan fingerprint density at radius 3 is 0.763 bits per heavy atom. The second-order valence-electron chi connectivity index (χ2n) is 28.4. The number of phosphoric acid groups is 2. The number of hydrogen-bond donors (Lipinski definition) is 3. The monoisotopic (exact) mass is 1370 g/mol. The standard InChI is InChI=1S/C74H144O17P2/c1-9-67(8)53-45-37-32-33-39-47-55-72(77)85-61-70(91-73(78)56-48-40-30-24-17-13-15-21-27-35-43-51-65(4)5)63-89-93(82,83)87-59-68(75)58-86-92(80,81)88-62-69(90-74(79)57-49-41-31-25-19-18-22-28-36-44-52-66(6)7)60-84-71(76)54-46-38-29-23-16-12-10-11-14-20-26-34-42-50-64(2)3/h64-70,75H,9-63H2,1-8H3,(H,80,81)(H,82,83)/t67?,68-,69-,70-/m1/s1. The molecule has 6 atom stereocenters. The predicted octanol–water partition coefficient (Wildman–Crippen LogP) is 21.3. The van der Waals surface area contributed by atoms with E-state index in [1.807, 2.05) is 0 Å². The fourth-order valence-electron chi connectivity index (χ4n) is 11.2. The summed E-state index contributed by atoms with van der Waals surface area (Å²) < 4.78 is 68.5. The van der Waals surface area contributed by atoms with Gasteiger partial charge in [0.05, 0.1) is 26.4 Å². The van der Waals surface area contributed by atoms with E-state index in [-0.39, 0.29) is 25.7 Å². The van der Waals surface area contributed by atoms with Crippen molar-refractivity contribution in [3.05, 3.63) is 0 Å². The number of rotatable bonds is 71. The summed E-state index contributed by atoms with van der Waals surface area (Å²) >= 11 is 0. The predicted molar refractivity (Wildman–Crippen MR) is 377 cm³/mol. The van der Waals surface area contributed by atoms with E-state index in [0.717, 1.165) is 120 Å². The maximum absolute atomic E-state index is 13.1. The van der Waals surface area contributed by atoms with Crippen LogP contribution in [0.25, 0.3) is 0 Å². The zero-order valence-corrected chi connectivity index (χ0v) is 62.7. The van der Waals surface area contributed by atoms with Crippen LogP contribution in [0.4, 0.5) is 0 Å². The fraction of sp³-hybridized carbons (Fsp3) is 0.946. The number of phosphoric ester groups is 2. The highest BCUT2D eigenvalue weighted by atomic mass is 31.2. The molecule has 3 unspecified atom stereocenters. The Bertz CT molecular complexity index is 1840. The molecule has 0 aliphatic carbocycles. The van der Waals surface area contributed by atoms with Gasteiger partial charge in [-0.05, 0) is 49.4 Å². The molecule has 17 nitrogen and oxygen atoms in total. The first kappa shape index (κ1) is 91.1. The molecule has 552 valence electrons. The van der Waals surface area contributed by atoms with Crippen molar-refractivity contribution in [1.29, 1.82) is 0 Å². The second kappa shape index (κ2) is 63.5. The Balaban J connectivity index is 5.25. The number of ether oxygens (including phenoxy) is 4. The number of hydrogen-bond acceptors (Lipinski definition) is 15. The molecule has 93 heavy (non-hydrogen) atoms. The van der Waals surface area contributed by atoms with Crippen LogP contribution < -0.4 is 0 Å².